The van der Waals surface area contributed by atoms with Gasteiger partial charge in [-0.2, -0.15) is 0 Å². The summed E-state index contributed by atoms with van der Waals surface area (Å²) in [6.07, 6.45) is 0. The Hall–Kier alpha value is -2.74. The fourth-order valence-corrected chi connectivity index (χ4v) is 4.10. The number of amides is 1. The average Bonchev–Trinajstić information content (AvgIpc) is 2.73. The van der Waals surface area contributed by atoms with Crippen LogP contribution in [0.4, 0.5) is 5.69 Å². The van der Waals surface area contributed by atoms with Crippen LogP contribution >= 0.6 is 0 Å². The predicted octanol–water partition coefficient (Wildman–Crippen LogP) is 3.55. The lowest BCUT2D eigenvalue weighted by atomic mass is 10.1. The van der Waals surface area contributed by atoms with Crippen LogP contribution in [0.5, 0.6) is 0 Å². The zero-order chi connectivity index (χ0) is 21.9. The molecule has 3 rings (SSSR count). The molecule has 30 heavy (non-hydrogen) atoms. The molecule has 0 fully saturated rings. The molecule has 0 aliphatic rings. The largest absolute Gasteiger partial charge is 0.325 e. The maximum Gasteiger partial charge on any atom is 0.242 e. The Bertz CT molecular complexity index is 1160. The smallest absolute Gasteiger partial charge is 0.242 e. The van der Waals surface area contributed by atoms with Crippen LogP contribution in [0.2, 0.25) is 0 Å². The first-order valence-corrected chi connectivity index (χ1v) is 11.1. The van der Waals surface area contributed by atoms with Crippen molar-refractivity contribution < 1.29 is 13.2 Å². The molecule has 0 aliphatic carbocycles. The third-order valence-corrected chi connectivity index (χ3v) is 6.98. The molecule has 0 unspecified atom stereocenters. The van der Waals surface area contributed by atoms with Gasteiger partial charge in [-0.15, -0.1) is 0 Å². The van der Waals surface area contributed by atoms with Crippen molar-refractivity contribution in [2.45, 2.75) is 24.4 Å². The summed E-state index contributed by atoms with van der Waals surface area (Å²) in [7, 11) is 1.29. The monoisotopic (exact) mass is 425 g/mol. The Morgan fingerprint density at radius 3 is 2.33 bits per heavy atom. The zero-order valence-electron chi connectivity index (χ0n) is 17.7. The van der Waals surface area contributed by atoms with Crippen LogP contribution in [0.1, 0.15) is 12.5 Å². The number of nitrogens with one attached hydrogen (secondary N) is 1. The highest BCUT2D eigenvalue weighted by molar-refractivity contribution is 7.89. The van der Waals surface area contributed by atoms with E-state index in [9.17, 15) is 13.2 Å². The summed E-state index contributed by atoms with van der Waals surface area (Å²) < 4.78 is 25.8. The second kappa shape index (κ2) is 8.95. The van der Waals surface area contributed by atoms with Crippen molar-refractivity contribution in [3.05, 3.63) is 72.3 Å². The van der Waals surface area contributed by atoms with E-state index in [2.05, 4.69) is 35.6 Å². The normalized spacial score (nSPS) is 13.0. The van der Waals surface area contributed by atoms with Gasteiger partial charge in [-0.25, -0.2) is 12.7 Å². The van der Waals surface area contributed by atoms with Crippen LogP contribution in [0.15, 0.2) is 71.6 Å². The van der Waals surface area contributed by atoms with Gasteiger partial charge in [0.05, 0.1) is 10.9 Å². The Morgan fingerprint density at radius 1 is 0.933 bits per heavy atom. The summed E-state index contributed by atoms with van der Waals surface area (Å²) in [6.45, 7) is 2.45. The van der Waals surface area contributed by atoms with Gasteiger partial charge >= 0.3 is 0 Å². The van der Waals surface area contributed by atoms with Crippen molar-refractivity contribution >= 4 is 32.4 Å². The summed E-state index contributed by atoms with van der Waals surface area (Å²) in [5, 5.41) is 5.17. The summed E-state index contributed by atoms with van der Waals surface area (Å²) in [4.78, 5) is 14.8. The number of likely N-dealkylation sites (N-methyl/N-ethyl adjacent to an activating group) is 1. The second-order valence-corrected chi connectivity index (χ2v) is 9.73. The standard InChI is InChI=1S/C23H27N3O3S/c1-17(26(4)16-18-12-13-19-8-5-6-9-20(19)14-18)23(27)24-21-10-7-11-22(15-21)30(28,29)25(2)3/h5-15,17H,16H2,1-4H3,(H,24,27)/t17-/m1/s1. The molecule has 1 atom stereocenters. The van der Waals surface area contributed by atoms with Gasteiger partial charge in [0.25, 0.3) is 0 Å². The van der Waals surface area contributed by atoms with E-state index in [0.29, 0.717) is 12.2 Å². The molecular weight excluding hydrogens is 398 g/mol. The van der Waals surface area contributed by atoms with Crippen LogP contribution in [0.3, 0.4) is 0 Å². The van der Waals surface area contributed by atoms with Gasteiger partial charge in [-0.3, -0.25) is 9.69 Å². The molecule has 1 N–H and O–H groups in total. The summed E-state index contributed by atoms with van der Waals surface area (Å²) >= 11 is 0. The molecular formula is C23H27N3O3S. The Kier molecular flexibility index (Phi) is 6.55. The number of carbonyl (C=O) groups excluding carboxylic acids is 1. The third kappa shape index (κ3) is 4.87. The van der Waals surface area contributed by atoms with Crippen molar-refractivity contribution in [3.8, 4) is 0 Å². The molecule has 1 amide bonds. The van der Waals surface area contributed by atoms with Gasteiger partial charge < -0.3 is 5.32 Å². The molecule has 7 heteroatoms. The molecule has 0 aromatic heterocycles. The van der Waals surface area contributed by atoms with E-state index in [1.807, 2.05) is 31.0 Å². The van der Waals surface area contributed by atoms with Crippen LogP contribution in [0.25, 0.3) is 10.8 Å². The molecule has 0 heterocycles. The maximum absolute atomic E-state index is 12.7. The lowest BCUT2D eigenvalue weighted by Crippen LogP contribution is -2.39. The van der Waals surface area contributed by atoms with E-state index in [1.54, 1.807) is 12.1 Å². The summed E-state index contributed by atoms with van der Waals surface area (Å²) in [6, 6.07) is 20.3. The predicted molar refractivity (Wildman–Crippen MR) is 121 cm³/mol. The van der Waals surface area contributed by atoms with Crippen molar-refractivity contribution in [2.24, 2.45) is 0 Å². The first-order chi connectivity index (χ1) is 14.2. The summed E-state index contributed by atoms with van der Waals surface area (Å²) in [5.74, 6) is -0.197. The van der Waals surface area contributed by atoms with Gasteiger partial charge in [0.1, 0.15) is 0 Å². The number of hydrogen-bond donors (Lipinski definition) is 1. The van der Waals surface area contributed by atoms with Crippen molar-refractivity contribution in [1.29, 1.82) is 0 Å². The Balaban J connectivity index is 1.69. The molecule has 0 spiro atoms. The van der Waals surface area contributed by atoms with E-state index in [0.717, 1.165) is 9.87 Å². The van der Waals surface area contributed by atoms with Gasteiger partial charge in [-0.05, 0) is 54.6 Å². The van der Waals surface area contributed by atoms with Gasteiger partial charge in [0, 0.05) is 26.3 Å². The van der Waals surface area contributed by atoms with Crippen LogP contribution < -0.4 is 5.32 Å². The number of anilines is 1. The molecule has 0 radical (unpaired) electrons. The highest BCUT2D eigenvalue weighted by Gasteiger charge is 2.21. The van der Waals surface area contributed by atoms with E-state index >= 15 is 0 Å². The summed E-state index contributed by atoms with van der Waals surface area (Å²) in [5.41, 5.74) is 1.57. The SMILES string of the molecule is C[C@H](C(=O)Nc1cccc(S(=O)(=O)N(C)C)c1)N(C)Cc1ccc2ccccc2c1. The second-order valence-electron chi connectivity index (χ2n) is 7.58. The van der Waals surface area contributed by atoms with Gasteiger partial charge in [-0.1, -0.05) is 42.5 Å². The average molecular weight is 426 g/mol. The van der Waals surface area contributed by atoms with Crippen molar-refractivity contribution in [1.82, 2.24) is 9.21 Å². The topological polar surface area (TPSA) is 69.7 Å². The van der Waals surface area contributed by atoms with Crippen LogP contribution in [0, 0.1) is 0 Å². The number of sulfonamides is 1. The van der Waals surface area contributed by atoms with Crippen LogP contribution in [-0.2, 0) is 21.4 Å². The van der Waals surface area contributed by atoms with E-state index in [-0.39, 0.29) is 10.8 Å². The minimum atomic E-state index is -3.56. The fourth-order valence-electron chi connectivity index (χ4n) is 3.15. The van der Waals surface area contributed by atoms with E-state index in [1.165, 1.54) is 37.0 Å². The van der Waals surface area contributed by atoms with Crippen LogP contribution in [-0.4, -0.2) is 50.7 Å². The molecule has 0 aliphatic heterocycles. The minimum absolute atomic E-state index is 0.141. The van der Waals surface area contributed by atoms with Gasteiger partial charge in [0.15, 0.2) is 0 Å². The van der Waals surface area contributed by atoms with E-state index < -0.39 is 16.1 Å². The third-order valence-electron chi connectivity index (χ3n) is 5.17. The molecule has 158 valence electrons. The zero-order valence-corrected chi connectivity index (χ0v) is 18.5. The molecule has 0 saturated heterocycles. The fraction of sp³-hybridized carbons (Fsp3) is 0.261. The molecule has 3 aromatic rings. The number of rotatable bonds is 7. The Labute approximate surface area is 178 Å². The lowest BCUT2D eigenvalue weighted by Gasteiger charge is -2.24. The molecule has 6 nitrogen and oxygen atoms in total. The first kappa shape index (κ1) is 22.0. The minimum Gasteiger partial charge on any atom is -0.325 e. The Morgan fingerprint density at radius 2 is 1.63 bits per heavy atom. The number of nitrogens with zero attached hydrogens (tertiary/aromatic N) is 2. The maximum atomic E-state index is 12.7. The van der Waals surface area contributed by atoms with Gasteiger partial charge in [0.2, 0.25) is 15.9 Å². The number of benzene rings is 3. The molecule has 3 aromatic carbocycles. The number of fused-ring (bicyclic) bond motifs is 1. The highest BCUT2D eigenvalue weighted by atomic mass is 32.2. The van der Waals surface area contributed by atoms with Crippen molar-refractivity contribution in [3.63, 3.8) is 0 Å². The van der Waals surface area contributed by atoms with E-state index in [4.69, 9.17) is 0 Å². The number of carbonyl (C=O) groups is 1. The highest BCUT2D eigenvalue weighted by Crippen LogP contribution is 2.20. The quantitative estimate of drug-likeness (QED) is 0.629. The first-order valence-electron chi connectivity index (χ1n) is 9.70. The molecule has 0 bridgehead atoms. The number of hydrogen-bond acceptors (Lipinski definition) is 4. The molecule has 0 saturated carbocycles. The lowest BCUT2D eigenvalue weighted by molar-refractivity contribution is -0.120. The van der Waals surface area contributed by atoms with Crippen molar-refractivity contribution in [2.75, 3.05) is 26.5 Å².